The smallest absolute Gasteiger partial charge is 0.352 e. The lowest BCUT2D eigenvalue weighted by atomic mass is 9.90. The zero-order valence-corrected chi connectivity index (χ0v) is 18.5. The molecule has 4 rings (SSSR count). The van der Waals surface area contributed by atoms with Gasteiger partial charge in [0.25, 0.3) is 0 Å². The van der Waals surface area contributed by atoms with Crippen LogP contribution in [0.1, 0.15) is 42.9 Å². The molecule has 2 fully saturated rings. The lowest BCUT2D eigenvalue weighted by Gasteiger charge is -2.32. The van der Waals surface area contributed by atoms with E-state index in [0.717, 1.165) is 56.2 Å². The standard InChI is InChI=1S/C25H28F3N3O2/c1-17(32)30-20-8-6-18(7-9-20)16-31-12-10-24(11-13-31)14-22(24)23(33)29-15-19-4-2-3-5-21(19)25(26,27)28/h2-9,22H,10-16H2,1H3,(H,29,33)(H,30,32)/t22-/m0/s1. The van der Waals surface area contributed by atoms with Crippen molar-refractivity contribution in [3.8, 4) is 0 Å². The summed E-state index contributed by atoms with van der Waals surface area (Å²) < 4.78 is 39.5. The molecule has 1 saturated carbocycles. The third-order valence-electron chi connectivity index (χ3n) is 6.81. The van der Waals surface area contributed by atoms with Crippen molar-refractivity contribution in [3.63, 3.8) is 0 Å². The number of likely N-dealkylation sites (tertiary alicyclic amines) is 1. The predicted molar refractivity (Wildman–Crippen MR) is 119 cm³/mol. The zero-order valence-electron chi connectivity index (χ0n) is 18.5. The summed E-state index contributed by atoms with van der Waals surface area (Å²) in [6.45, 7) is 3.94. The van der Waals surface area contributed by atoms with E-state index < -0.39 is 11.7 Å². The second kappa shape index (κ2) is 9.17. The molecule has 2 amide bonds. The van der Waals surface area contributed by atoms with Gasteiger partial charge in [0.15, 0.2) is 0 Å². The molecule has 2 aromatic rings. The van der Waals surface area contributed by atoms with Gasteiger partial charge in [0, 0.05) is 31.6 Å². The largest absolute Gasteiger partial charge is 0.416 e. The first-order valence-corrected chi connectivity index (χ1v) is 11.2. The highest BCUT2D eigenvalue weighted by Gasteiger charge is 2.58. The zero-order chi connectivity index (χ0) is 23.6. The minimum Gasteiger partial charge on any atom is -0.352 e. The van der Waals surface area contributed by atoms with E-state index >= 15 is 0 Å². The molecule has 1 heterocycles. The summed E-state index contributed by atoms with van der Waals surface area (Å²) in [4.78, 5) is 26.1. The fraction of sp³-hybridized carbons (Fsp3) is 0.440. The molecule has 2 aromatic carbocycles. The number of alkyl halides is 3. The van der Waals surface area contributed by atoms with E-state index in [4.69, 9.17) is 0 Å². The number of benzene rings is 2. The summed E-state index contributed by atoms with van der Waals surface area (Å²) in [5.41, 5.74) is 1.31. The molecule has 5 nitrogen and oxygen atoms in total. The molecule has 1 aliphatic heterocycles. The van der Waals surface area contributed by atoms with Crippen LogP contribution < -0.4 is 10.6 Å². The van der Waals surface area contributed by atoms with Gasteiger partial charge in [-0.15, -0.1) is 0 Å². The Bertz CT molecular complexity index is 1010. The summed E-state index contributed by atoms with van der Waals surface area (Å²) in [6, 6.07) is 13.1. The molecule has 8 heteroatoms. The molecule has 0 bridgehead atoms. The maximum atomic E-state index is 13.2. The quantitative estimate of drug-likeness (QED) is 0.665. The number of carbonyl (C=O) groups is 2. The molecule has 2 aliphatic rings. The first-order chi connectivity index (χ1) is 15.7. The van der Waals surface area contributed by atoms with E-state index in [-0.39, 0.29) is 35.3 Å². The predicted octanol–water partition coefficient (Wildman–Crippen LogP) is 4.58. The van der Waals surface area contributed by atoms with Gasteiger partial charge in [-0.3, -0.25) is 14.5 Å². The summed E-state index contributed by atoms with van der Waals surface area (Å²) in [6.07, 6.45) is -1.80. The highest BCUT2D eigenvalue weighted by molar-refractivity contribution is 5.88. The minimum absolute atomic E-state index is 0.0145. The van der Waals surface area contributed by atoms with Crippen LogP contribution in [0, 0.1) is 11.3 Å². The van der Waals surface area contributed by atoms with Crippen LogP contribution in [-0.2, 0) is 28.9 Å². The Morgan fingerprint density at radius 2 is 1.73 bits per heavy atom. The molecule has 0 aromatic heterocycles. The maximum absolute atomic E-state index is 13.2. The van der Waals surface area contributed by atoms with Crippen molar-refractivity contribution in [1.82, 2.24) is 10.2 Å². The summed E-state index contributed by atoms with van der Waals surface area (Å²) in [7, 11) is 0. The van der Waals surface area contributed by atoms with Gasteiger partial charge in [0.05, 0.1) is 5.56 Å². The first kappa shape index (κ1) is 23.3. The van der Waals surface area contributed by atoms with Crippen molar-refractivity contribution < 1.29 is 22.8 Å². The van der Waals surface area contributed by atoms with Gasteiger partial charge in [-0.1, -0.05) is 30.3 Å². The maximum Gasteiger partial charge on any atom is 0.416 e. The highest BCUT2D eigenvalue weighted by Crippen LogP contribution is 2.59. The number of anilines is 1. The number of hydrogen-bond acceptors (Lipinski definition) is 3. The van der Waals surface area contributed by atoms with Crippen molar-refractivity contribution in [2.75, 3.05) is 18.4 Å². The van der Waals surface area contributed by atoms with Crippen LogP contribution in [0.3, 0.4) is 0 Å². The molecular formula is C25H28F3N3O2. The minimum atomic E-state index is -4.43. The Morgan fingerprint density at radius 3 is 2.36 bits per heavy atom. The fourth-order valence-corrected chi connectivity index (χ4v) is 4.84. The molecule has 33 heavy (non-hydrogen) atoms. The molecule has 0 radical (unpaired) electrons. The van der Waals surface area contributed by atoms with E-state index in [1.165, 1.54) is 19.1 Å². The average molecular weight is 460 g/mol. The molecule has 1 spiro atoms. The summed E-state index contributed by atoms with van der Waals surface area (Å²) >= 11 is 0. The fourth-order valence-electron chi connectivity index (χ4n) is 4.84. The van der Waals surface area contributed by atoms with Gasteiger partial charge in [-0.2, -0.15) is 13.2 Å². The van der Waals surface area contributed by atoms with E-state index in [2.05, 4.69) is 15.5 Å². The monoisotopic (exact) mass is 459 g/mol. The second-order valence-corrected chi connectivity index (χ2v) is 9.15. The molecule has 0 unspecified atom stereocenters. The molecular weight excluding hydrogens is 431 g/mol. The Hall–Kier alpha value is -2.87. The normalized spacial score (nSPS) is 19.8. The van der Waals surface area contributed by atoms with Crippen LogP contribution in [0.2, 0.25) is 0 Å². The van der Waals surface area contributed by atoms with Crippen molar-refractivity contribution in [2.24, 2.45) is 11.3 Å². The second-order valence-electron chi connectivity index (χ2n) is 9.15. The van der Waals surface area contributed by atoms with Crippen LogP contribution in [0.25, 0.3) is 0 Å². The molecule has 1 saturated heterocycles. The third-order valence-corrected chi connectivity index (χ3v) is 6.81. The third kappa shape index (κ3) is 5.55. The topological polar surface area (TPSA) is 61.4 Å². The van der Waals surface area contributed by atoms with Gasteiger partial charge < -0.3 is 10.6 Å². The number of nitrogens with zero attached hydrogens (tertiary/aromatic N) is 1. The molecule has 2 N–H and O–H groups in total. The highest BCUT2D eigenvalue weighted by atomic mass is 19.4. The SMILES string of the molecule is CC(=O)Nc1ccc(CN2CCC3(CC2)C[C@H]3C(=O)NCc2ccccc2C(F)(F)F)cc1. The van der Waals surface area contributed by atoms with Crippen LogP contribution in [0.15, 0.2) is 48.5 Å². The molecule has 1 aliphatic carbocycles. The molecule has 1 atom stereocenters. The first-order valence-electron chi connectivity index (χ1n) is 11.2. The van der Waals surface area contributed by atoms with Gasteiger partial charge in [-0.05, 0) is 67.1 Å². The number of rotatable bonds is 6. The Morgan fingerprint density at radius 1 is 1.06 bits per heavy atom. The van der Waals surface area contributed by atoms with Crippen molar-refractivity contribution in [3.05, 3.63) is 65.2 Å². The van der Waals surface area contributed by atoms with Gasteiger partial charge in [0.1, 0.15) is 0 Å². The van der Waals surface area contributed by atoms with Crippen LogP contribution in [0.5, 0.6) is 0 Å². The van der Waals surface area contributed by atoms with E-state index in [1.807, 2.05) is 24.3 Å². The number of amides is 2. The van der Waals surface area contributed by atoms with E-state index in [0.29, 0.717) is 0 Å². The summed E-state index contributed by atoms with van der Waals surface area (Å²) in [5.74, 6) is -0.361. The van der Waals surface area contributed by atoms with Gasteiger partial charge in [-0.25, -0.2) is 0 Å². The number of hydrogen-bond donors (Lipinski definition) is 2. The lowest BCUT2D eigenvalue weighted by molar-refractivity contribution is -0.138. The van der Waals surface area contributed by atoms with Crippen molar-refractivity contribution in [1.29, 1.82) is 0 Å². The lowest BCUT2D eigenvalue weighted by Crippen LogP contribution is -2.36. The average Bonchev–Trinajstić information content (AvgIpc) is 3.48. The number of nitrogens with one attached hydrogen (secondary N) is 2. The van der Waals surface area contributed by atoms with Crippen LogP contribution >= 0.6 is 0 Å². The van der Waals surface area contributed by atoms with Gasteiger partial charge in [0.2, 0.25) is 11.8 Å². The van der Waals surface area contributed by atoms with Gasteiger partial charge >= 0.3 is 6.18 Å². The number of piperidine rings is 1. The Labute approximate surface area is 191 Å². The van der Waals surface area contributed by atoms with Crippen LogP contribution in [0.4, 0.5) is 18.9 Å². The van der Waals surface area contributed by atoms with E-state index in [9.17, 15) is 22.8 Å². The number of halogens is 3. The molecule has 176 valence electrons. The van der Waals surface area contributed by atoms with Crippen molar-refractivity contribution >= 4 is 17.5 Å². The van der Waals surface area contributed by atoms with E-state index in [1.54, 1.807) is 6.07 Å². The number of carbonyl (C=O) groups excluding carboxylic acids is 2. The Balaban J connectivity index is 1.25. The Kier molecular flexibility index (Phi) is 6.47. The summed E-state index contributed by atoms with van der Waals surface area (Å²) in [5, 5.41) is 5.49. The van der Waals surface area contributed by atoms with Crippen molar-refractivity contribution in [2.45, 2.75) is 45.5 Å². The van der Waals surface area contributed by atoms with Crippen LogP contribution in [-0.4, -0.2) is 29.8 Å².